The van der Waals surface area contributed by atoms with Crippen LogP contribution in [0.15, 0.2) is 24.3 Å². The van der Waals surface area contributed by atoms with Crippen LogP contribution in [-0.4, -0.2) is 43.4 Å². The summed E-state index contributed by atoms with van der Waals surface area (Å²) in [6, 6.07) is 7.27. The van der Waals surface area contributed by atoms with Crippen molar-refractivity contribution < 1.29 is 23.8 Å². The molecule has 0 spiro atoms. The number of carbonyl (C=O) groups is 2. The molecule has 2 N–H and O–H groups in total. The molecule has 1 amide bonds. The Hall–Kier alpha value is -2.19. The van der Waals surface area contributed by atoms with Gasteiger partial charge in [0.05, 0.1) is 19.1 Å². The van der Waals surface area contributed by atoms with Gasteiger partial charge in [0, 0.05) is 19.2 Å². The van der Waals surface area contributed by atoms with Crippen LogP contribution in [-0.2, 0) is 19.1 Å². The van der Waals surface area contributed by atoms with Gasteiger partial charge in [0.15, 0.2) is 5.11 Å². The SMILES string of the molecule is CCC(C)Oc1ccc(NC(=S)NC(=O)CCC(=O)OCCOC)cc1. The molecule has 0 bridgehead atoms. The second-order valence-electron chi connectivity index (χ2n) is 5.58. The quantitative estimate of drug-likeness (QED) is 0.365. The standard InChI is InChI=1S/C18H26N2O5S/c1-4-13(2)25-15-7-5-14(6-8-15)19-18(26)20-16(21)9-10-17(22)24-12-11-23-3/h5-8,13H,4,9-12H2,1-3H3,(H2,19,20,21,26). The van der Waals surface area contributed by atoms with E-state index in [1.807, 2.05) is 31.2 Å². The first-order valence-corrected chi connectivity index (χ1v) is 8.87. The van der Waals surface area contributed by atoms with E-state index in [0.29, 0.717) is 6.61 Å². The molecule has 1 aromatic rings. The molecule has 0 saturated heterocycles. The summed E-state index contributed by atoms with van der Waals surface area (Å²) in [6.45, 7) is 4.56. The molecule has 1 aromatic carbocycles. The number of carbonyl (C=O) groups excluding carboxylic acids is 2. The second kappa shape index (κ2) is 12.2. The highest BCUT2D eigenvalue weighted by atomic mass is 32.1. The maximum absolute atomic E-state index is 11.8. The summed E-state index contributed by atoms with van der Waals surface area (Å²) in [5, 5.41) is 5.60. The summed E-state index contributed by atoms with van der Waals surface area (Å²) in [7, 11) is 1.52. The fourth-order valence-corrected chi connectivity index (χ4v) is 2.04. The Bertz CT molecular complexity index is 592. The van der Waals surface area contributed by atoms with E-state index in [1.165, 1.54) is 7.11 Å². The number of methoxy groups -OCH3 is 1. The maximum Gasteiger partial charge on any atom is 0.306 e. The van der Waals surface area contributed by atoms with Gasteiger partial charge >= 0.3 is 5.97 Å². The Morgan fingerprint density at radius 2 is 1.85 bits per heavy atom. The van der Waals surface area contributed by atoms with Gasteiger partial charge < -0.3 is 24.8 Å². The highest BCUT2D eigenvalue weighted by molar-refractivity contribution is 7.80. The summed E-state index contributed by atoms with van der Waals surface area (Å²) in [4.78, 5) is 23.2. The zero-order chi connectivity index (χ0) is 19.4. The summed E-state index contributed by atoms with van der Waals surface area (Å²) < 4.78 is 15.3. The minimum atomic E-state index is -0.451. The van der Waals surface area contributed by atoms with Gasteiger partial charge in [-0.15, -0.1) is 0 Å². The highest BCUT2D eigenvalue weighted by Crippen LogP contribution is 2.17. The third-order valence-corrected chi connectivity index (χ3v) is 3.59. The smallest absolute Gasteiger partial charge is 0.306 e. The Labute approximate surface area is 159 Å². The fourth-order valence-electron chi connectivity index (χ4n) is 1.81. The highest BCUT2D eigenvalue weighted by Gasteiger charge is 2.10. The Balaban J connectivity index is 2.32. The van der Waals surface area contributed by atoms with E-state index in [2.05, 4.69) is 17.6 Å². The van der Waals surface area contributed by atoms with Gasteiger partial charge in [-0.05, 0) is 49.8 Å². The zero-order valence-electron chi connectivity index (χ0n) is 15.4. The van der Waals surface area contributed by atoms with Gasteiger partial charge in [0.25, 0.3) is 0 Å². The van der Waals surface area contributed by atoms with Crippen molar-refractivity contribution in [3.63, 3.8) is 0 Å². The van der Waals surface area contributed by atoms with Crippen molar-refractivity contribution in [2.75, 3.05) is 25.6 Å². The molecule has 7 nitrogen and oxygen atoms in total. The summed E-state index contributed by atoms with van der Waals surface area (Å²) in [5.41, 5.74) is 0.728. The van der Waals surface area contributed by atoms with Crippen LogP contribution in [0.2, 0.25) is 0 Å². The van der Waals surface area contributed by atoms with E-state index in [1.54, 1.807) is 0 Å². The molecule has 0 aliphatic heterocycles. The minimum Gasteiger partial charge on any atom is -0.491 e. The Morgan fingerprint density at radius 3 is 2.46 bits per heavy atom. The van der Waals surface area contributed by atoms with Gasteiger partial charge in [0.1, 0.15) is 12.4 Å². The predicted molar refractivity (Wildman–Crippen MR) is 103 cm³/mol. The van der Waals surface area contributed by atoms with E-state index >= 15 is 0 Å². The first-order valence-electron chi connectivity index (χ1n) is 8.46. The number of anilines is 1. The maximum atomic E-state index is 11.8. The number of amides is 1. The van der Waals surface area contributed by atoms with Crippen molar-refractivity contribution in [3.8, 4) is 5.75 Å². The lowest BCUT2D eigenvalue weighted by Gasteiger charge is -2.13. The van der Waals surface area contributed by atoms with E-state index < -0.39 is 5.97 Å². The van der Waals surface area contributed by atoms with Crippen molar-refractivity contribution >= 4 is 34.9 Å². The van der Waals surface area contributed by atoms with Gasteiger partial charge in [-0.25, -0.2) is 0 Å². The van der Waals surface area contributed by atoms with Crippen molar-refractivity contribution in [2.24, 2.45) is 0 Å². The van der Waals surface area contributed by atoms with Crippen LogP contribution in [0, 0.1) is 0 Å². The number of benzene rings is 1. The number of rotatable bonds is 10. The van der Waals surface area contributed by atoms with E-state index in [4.69, 9.17) is 26.4 Å². The van der Waals surface area contributed by atoms with Gasteiger partial charge in [0.2, 0.25) is 5.91 Å². The average Bonchev–Trinajstić information content (AvgIpc) is 2.61. The first kappa shape index (κ1) is 21.9. The third kappa shape index (κ3) is 9.33. The van der Waals surface area contributed by atoms with Crippen LogP contribution >= 0.6 is 12.2 Å². The van der Waals surface area contributed by atoms with E-state index in [9.17, 15) is 9.59 Å². The lowest BCUT2D eigenvalue weighted by Crippen LogP contribution is -2.34. The first-order chi connectivity index (χ1) is 12.4. The molecule has 0 radical (unpaired) electrons. The van der Waals surface area contributed by atoms with E-state index in [-0.39, 0.29) is 36.6 Å². The molecular weight excluding hydrogens is 356 g/mol. The van der Waals surface area contributed by atoms with Crippen molar-refractivity contribution in [1.82, 2.24) is 5.32 Å². The van der Waals surface area contributed by atoms with Crippen LogP contribution in [0.4, 0.5) is 5.69 Å². The van der Waals surface area contributed by atoms with Crippen LogP contribution in [0.1, 0.15) is 33.1 Å². The Kier molecular flexibility index (Phi) is 10.3. The van der Waals surface area contributed by atoms with Crippen LogP contribution in [0.5, 0.6) is 5.75 Å². The minimum absolute atomic E-state index is 0.00464. The topological polar surface area (TPSA) is 85.9 Å². The van der Waals surface area contributed by atoms with Gasteiger partial charge in [-0.3, -0.25) is 9.59 Å². The molecule has 1 unspecified atom stereocenters. The lowest BCUT2D eigenvalue weighted by atomic mass is 10.3. The number of nitrogens with one attached hydrogen (secondary N) is 2. The van der Waals surface area contributed by atoms with Crippen molar-refractivity contribution in [3.05, 3.63) is 24.3 Å². The van der Waals surface area contributed by atoms with E-state index in [0.717, 1.165) is 17.9 Å². The van der Waals surface area contributed by atoms with Crippen LogP contribution in [0.25, 0.3) is 0 Å². The molecule has 1 rings (SSSR count). The molecule has 0 aromatic heterocycles. The Morgan fingerprint density at radius 1 is 1.15 bits per heavy atom. The molecule has 0 aliphatic rings. The predicted octanol–water partition coefficient (Wildman–Crippen LogP) is 2.65. The van der Waals surface area contributed by atoms with Gasteiger partial charge in [-0.2, -0.15) is 0 Å². The second-order valence-corrected chi connectivity index (χ2v) is 5.98. The number of hydrogen-bond acceptors (Lipinski definition) is 6. The summed E-state index contributed by atoms with van der Waals surface area (Å²) >= 11 is 5.09. The molecule has 0 saturated carbocycles. The number of esters is 1. The third-order valence-electron chi connectivity index (χ3n) is 3.38. The number of ether oxygens (including phenoxy) is 3. The molecule has 144 valence electrons. The molecule has 0 heterocycles. The molecule has 26 heavy (non-hydrogen) atoms. The summed E-state index contributed by atoms with van der Waals surface area (Å²) in [5.74, 6) is -0.0391. The molecule has 8 heteroatoms. The number of thiocarbonyl (C=S) groups is 1. The van der Waals surface area contributed by atoms with Crippen LogP contribution in [0.3, 0.4) is 0 Å². The van der Waals surface area contributed by atoms with Crippen molar-refractivity contribution in [2.45, 2.75) is 39.2 Å². The lowest BCUT2D eigenvalue weighted by molar-refractivity contribution is -0.146. The zero-order valence-corrected chi connectivity index (χ0v) is 16.2. The molecule has 1 atom stereocenters. The normalized spacial score (nSPS) is 11.3. The molecule has 0 fully saturated rings. The monoisotopic (exact) mass is 382 g/mol. The van der Waals surface area contributed by atoms with Crippen molar-refractivity contribution in [1.29, 1.82) is 0 Å². The van der Waals surface area contributed by atoms with Gasteiger partial charge in [-0.1, -0.05) is 6.92 Å². The summed E-state index contributed by atoms with van der Waals surface area (Å²) in [6.07, 6.45) is 1.06. The fraction of sp³-hybridized carbons (Fsp3) is 0.500. The van der Waals surface area contributed by atoms with Crippen LogP contribution < -0.4 is 15.4 Å². The average molecular weight is 382 g/mol. The largest absolute Gasteiger partial charge is 0.491 e. The number of hydrogen-bond donors (Lipinski definition) is 2. The molecular formula is C18H26N2O5S. The molecule has 0 aliphatic carbocycles.